The van der Waals surface area contributed by atoms with Crippen molar-refractivity contribution in [3.63, 3.8) is 0 Å². The van der Waals surface area contributed by atoms with Gasteiger partial charge in [0.05, 0.1) is 16.1 Å². The van der Waals surface area contributed by atoms with Crippen LogP contribution in [0.15, 0.2) is 30.6 Å². The molecular weight excluding hydrogens is 494 g/mol. The minimum atomic E-state index is -3.16. The summed E-state index contributed by atoms with van der Waals surface area (Å²) in [6.45, 7) is 4.00. The number of hydrogen-bond acceptors (Lipinski definition) is 6. The fraction of sp³-hybridized carbons (Fsp3) is 0.520. The average molecular weight is 521 g/mol. The highest BCUT2D eigenvalue weighted by atomic mass is 35.5. The molecular formula is C25H27ClF2N4O2S. The largest absolute Gasteiger partial charge is 0.373 e. The monoisotopic (exact) mass is 520 g/mol. The van der Waals surface area contributed by atoms with E-state index in [1.54, 1.807) is 17.1 Å². The van der Waals surface area contributed by atoms with Crippen molar-refractivity contribution in [3.8, 4) is 5.82 Å². The molecule has 0 saturated carbocycles. The zero-order valence-corrected chi connectivity index (χ0v) is 21.0. The van der Waals surface area contributed by atoms with Crippen molar-refractivity contribution in [1.29, 1.82) is 0 Å². The van der Waals surface area contributed by atoms with E-state index in [0.29, 0.717) is 39.1 Å². The topological polar surface area (TPSA) is 61.2 Å². The van der Waals surface area contributed by atoms with Gasteiger partial charge in [-0.1, -0.05) is 17.7 Å². The Bertz CT molecular complexity index is 1230. The average Bonchev–Trinajstić information content (AvgIpc) is 3.60. The molecule has 3 aliphatic rings. The van der Waals surface area contributed by atoms with Gasteiger partial charge in [-0.2, -0.15) is 13.9 Å². The summed E-state index contributed by atoms with van der Waals surface area (Å²) < 4.78 is 45.8. The Hall–Kier alpha value is -1.91. The number of aromatic nitrogens is 3. The van der Waals surface area contributed by atoms with E-state index in [2.05, 4.69) is 15.4 Å². The number of halogens is 3. The van der Waals surface area contributed by atoms with Crippen LogP contribution in [0.25, 0.3) is 5.82 Å². The molecule has 2 atom stereocenters. The van der Waals surface area contributed by atoms with E-state index in [0.717, 1.165) is 38.1 Å². The standard InChI is InChI=1S/C25H27ClF2N4O2S/c1-15-16(14-32(31-15)23-17(4-2-8-30-23)19-5-3-11-33-19)12-20-25(27,28)18-13-21(26)35-22(18)24(34-20)6-9-29-10-7-24/h2,4,8,13-14,19-20,29H,3,5-7,9-12H2,1H3/t19?,20-/m1/s1. The normalized spacial score (nSPS) is 25.1. The summed E-state index contributed by atoms with van der Waals surface area (Å²) in [5, 5.41) is 7.96. The molecule has 0 aliphatic carbocycles. The second-order valence-corrected chi connectivity index (χ2v) is 11.3. The fourth-order valence-corrected chi connectivity index (χ4v) is 7.00. The first-order chi connectivity index (χ1) is 16.9. The lowest BCUT2D eigenvalue weighted by Crippen LogP contribution is -2.52. The zero-order valence-electron chi connectivity index (χ0n) is 19.4. The lowest BCUT2D eigenvalue weighted by atomic mass is 9.82. The molecule has 10 heteroatoms. The Morgan fingerprint density at radius 1 is 1.31 bits per heavy atom. The predicted molar refractivity (Wildman–Crippen MR) is 130 cm³/mol. The number of thiophene rings is 1. The maximum Gasteiger partial charge on any atom is 0.300 e. The summed E-state index contributed by atoms with van der Waals surface area (Å²) in [5.74, 6) is -2.48. The van der Waals surface area contributed by atoms with Crippen molar-refractivity contribution in [3.05, 3.63) is 62.2 Å². The van der Waals surface area contributed by atoms with Crippen molar-refractivity contribution >= 4 is 22.9 Å². The number of alkyl halides is 2. The molecule has 2 saturated heterocycles. The maximum absolute atomic E-state index is 15.8. The summed E-state index contributed by atoms with van der Waals surface area (Å²) in [5.41, 5.74) is 1.64. The highest BCUT2D eigenvalue weighted by molar-refractivity contribution is 7.16. The molecule has 0 radical (unpaired) electrons. The fourth-order valence-electron chi connectivity index (χ4n) is 5.55. The van der Waals surface area contributed by atoms with Gasteiger partial charge in [-0.25, -0.2) is 9.67 Å². The highest BCUT2D eigenvalue weighted by Crippen LogP contribution is 2.55. The van der Waals surface area contributed by atoms with Crippen molar-refractivity contribution in [2.75, 3.05) is 19.7 Å². The molecule has 0 aromatic carbocycles. The van der Waals surface area contributed by atoms with Gasteiger partial charge in [0.25, 0.3) is 5.92 Å². The minimum absolute atomic E-state index is 0.0149. The summed E-state index contributed by atoms with van der Waals surface area (Å²) in [7, 11) is 0. The third-order valence-corrected chi connectivity index (χ3v) is 8.82. The van der Waals surface area contributed by atoms with Crippen LogP contribution in [0.3, 0.4) is 0 Å². The first-order valence-corrected chi connectivity index (χ1v) is 13.3. The molecule has 6 nitrogen and oxygen atoms in total. The van der Waals surface area contributed by atoms with Crippen LogP contribution in [0.2, 0.25) is 4.34 Å². The molecule has 2 fully saturated rings. The Morgan fingerprint density at radius 2 is 2.14 bits per heavy atom. The van der Waals surface area contributed by atoms with Crippen LogP contribution < -0.4 is 5.32 Å². The molecule has 6 rings (SSSR count). The number of ether oxygens (including phenoxy) is 2. The van der Waals surface area contributed by atoms with Gasteiger partial charge >= 0.3 is 0 Å². The lowest BCUT2D eigenvalue weighted by molar-refractivity contribution is -0.227. The molecule has 3 aromatic rings. The summed E-state index contributed by atoms with van der Waals surface area (Å²) in [6, 6.07) is 5.31. The van der Waals surface area contributed by atoms with Gasteiger partial charge in [-0.3, -0.25) is 0 Å². The molecule has 3 aliphatic heterocycles. The number of piperidine rings is 1. The van der Waals surface area contributed by atoms with E-state index in [1.807, 2.05) is 19.1 Å². The third kappa shape index (κ3) is 4.01. The molecule has 186 valence electrons. The quantitative estimate of drug-likeness (QED) is 0.495. The van der Waals surface area contributed by atoms with Crippen LogP contribution in [0.4, 0.5) is 8.78 Å². The molecule has 1 spiro atoms. The number of pyridine rings is 1. The Kier molecular flexibility index (Phi) is 5.96. The molecule has 6 heterocycles. The number of nitrogens with zero attached hydrogens (tertiary/aromatic N) is 3. The van der Waals surface area contributed by atoms with Crippen LogP contribution >= 0.6 is 22.9 Å². The Balaban J connectivity index is 1.34. The molecule has 3 aromatic heterocycles. The van der Waals surface area contributed by atoms with Crippen molar-refractivity contribution in [2.24, 2.45) is 0 Å². The highest BCUT2D eigenvalue weighted by Gasteiger charge is 2.56. The number of hydrogen-bond donors (Lipinski definition) is 1. The van der Waals surface area contributed by atoms with E-state index >= 15 is 8.78 Å². The second kappa shape index (κ2) is 8.88. The van der Waals surface area contributed by atoms with Crippen LogP contribution in [0, 0.1) is 6.92 Å². The van der Waals surface area contributed by atoms with Gasteiger partial charge in [-0.05, 0) is 63.4 Å². The van der Waals surface area contributed by atoms with E-state index in [4.69, 9.17) is 21.1 Å². The summed E-state index contributed by atoms with van der Waals surface area (Å²) in [6.07, 6.45) is 5.44. The van der Waals surface area contributed by atoms with E-state index < -0.39 is 17.6 Å². The van der Waals surface area contributed by atoms with Gasteiger partial charge in [0, 0.05) is 41.4 Å². The van der Waals surface area contributed by atoms with Crippen molar-refractivity contribution in [1.82, 2.24) is 20.1 Å². The summed E-state index contributed by atoms with van der Waals surface area (Å²) >= 11 is 7.46. The number of fused-ring (bicyclic) bond motifs is 2. The lowest BCUT2D eigenvalue weighted by Gasteiger charge is -2.46. The first kappa shape index (κ1) is 23.5. The SMILES string of the molecule is Cc1nn(-c2ncccc2C2CCCO2)cc1C[C@H]1OC2(CCNCC2)c2sc(Cl)cc2C1(F)F. The summed E-state index contributed by atoms with van der Waals surface area (Å²) in [4.78, 5) is 5.12. The van der Waals surface area contributed by atoms with Gasteiger partial charge < -0.3 is 14.8 Å². The van der Waals surface area contributed by atoms with Crippen LogP contribution in [0.1, 0.15) is 59.0 Å². The molecule has 0 bridgehead atoms. The molecule has 0 amide bonds. The van der Waals surface area contributed by atoms with Crippen molar-refractivity contribution < 1.29 is 18.3 Å². The predicted octanol–water partition coefficient (Wildman–Crippen LogP) is 5.45. The molecule has 35 heavy (non-hydrogen) atoms. The van der Waals surface area contributed by atoms with Crippen LogP contribution in [-0.2, 0) is 27.4 Å². The Morgan fingerprint density at radius 3 is 2.91 bits per heavy atom. The number of nitrogens with one attached hydrogen (secondary N) is 1. The number of aryl methyl sites for hydroxylation is 1. The van der Waals surface area contributed by atoms with Gasteiger partial charge in [0.1, 0.15) is 11.7 Å². The van der Waals surface area contributed by atoms with E-state index in [1.165, 1.54) is 17.4 Å². The van der Waals surface area contributed by atoms with Gasteiger partial charge in [0.2, 0.25) is 0 Å². The smallest absolute Gasteiger partial charge is 0.300 e. The maximum atomic E-state index is 15.8. The van der Waals surface area contributed by atoms with Crippen LogP contribution in [-0.4, -0.2) is 40.6 Å². The van der Waals surface area contributed by atoms with E-state index in [9.17, 15) is 0 Å². The zero-order chi connectivity index (χ0) is 24.2. The number of rotatable bonds is 4. The van der Waals surface area contributed by atoms with Gasteiger partial charge in [-0.15, -0.1) is 11.3 Å². The third-order valence-electron chi connectivity index (χ3n) is 7.37. The van der Waals surface area contributed by atoms with E-state index in [-0.39, 0.29) is 18.1 Å². The minimum Gasteiger partial charge on any atom is -0.373 e. The van der Waals surface area contributed by atoms with Crippen molar-refractivity contribution in [2.45, 2.75) is 62.8 Å². The van der Waals surface area contributed by atoms with Gasteiger partial charge in [0.15, 0.2) is 5.82 Å². The first-order valence-electron chi connectivity index (χ1n) is 12.1. The second-order valence-electron chi connectivity index (χ2n) is 9.57. The Labute approximate surface area is 211 Å². The molecule has 1 N–H and O–H groups in total. The molecule has 1 unspecified atom stereocenters. The van der Waals surface area contributed by atoms with Crippen LogP contribution in [0.5, 0.6) is 0 Å².